The Kier molecular flexibility index (Phi) is 5.27. The van der Waals surface area contributed by atoms with Crippen LogP contribution in [-0.2, 0) is 14.6 Å². The predicted octanol–water partition coefficient (Wildman–Crippen LogP) is 2.94. The van der Waals surface area contributed by atoms with Crippen LogP contribution in [0.5, 0.6) is 0 Å². The Morgan fingerprint density at radius 1 is 1.46 bits per heavy atom. The molecule has 8 heteroatoms. The molecule has 2 heterocycles. The zero-order valence-corrected chi connectivity index (χ0v) is 17.3. The van der Waals surface area contributed by atoms with Gasteiger partial charge in [-0.1, -0.05) is 31.7 Å². The first-order valence-corrected chi connectivity index (χ1v) is 11.6. The van der Waals surface area contributed by atoms with Crippen molar-refractivity contribution in [3.8, 4) is 0 Å². The first-order valence-electron chi connectivity index (χ1n) is 7.85. The highest BCUT2D eigenvalue weighted by Crippen LogP contribution is 2.41. The van der Waals surface area contributed by atoms with Crippen molar-refractivity contribution in [2.75, 3.05) is 16.4 Å². The number of amides is 1. The molecule has 5 nitrogen and oxygen atoms in total. The van der Waals surface area contributed by atoms with Gasteiger partial charge in [-0.3, -0.25) is 4.79 Å². The number of nitrogens with zero attached hydrogens (tertiary/aromatic N) is 2. The summed E-state index contributed by atoms with van der Waals surface area (Å²) in [5.74, 6) is 0.00454. The summed E-state index contributed by atoms with van der Waals surface area (Å²) >= 11 is 3.65. The fourth-order valence-corrected chi connectivity index (χ4v) is 7.32. The number of carbonyl (C=O) groups excluding carboxylic acids is 1. The molecule has 1 aromatic carbocycles. The molecule has 0 N–H and O–H groups in total. The van der Waals surface area contributed by atoms with Gasteiger partial charge in [0, 0.05) is 20.4 Å². The summed E-state index contributed by atoms with van der Waals surface area (Å²) in [6, 6.07) is 7.71. The van der Waals surface area contributed by atoms with E-state index < -0.39 is 9.84 Å². The number of hydrogen-bond donors (Lipinski definition) is 0. The van der Waals surface area contributed by atoms with Crippen molar-refractivity contribution in [1.29, 1.82) is 0 Å². The molecule has 2 aliphatic heterocycles. The van der Waals surface area contributed by atoms with Crippen molar-refractivity contribution in [2.24, 2.45) is 10.9 Å². The summed E-state index contributed by atoms with van der Waals surface area (Å²) in [6.45, 7) is 3.83. The van der Waals surface area contributed by atoms with Crippen molar-refractivity contribution >= 4 is 61.0 Å². The lowest BCUT2D eigenvalue weighted by molar-refractivity contribution is -0.121. The van der Waals surface area contributed by atoms with E-state index in [1.54, 1.807) is 0 Å². The van der Waals surface area contributed by atoms with Crippen molar-refractivity contribution in [3.63, 3.8) is 0 Å². The molecule has 0 aromatic heterocycles. The SMILES string of the molecule is CC[C@H](C)C(=O)N=C1S[C@H]2CS(=O)(=O)C[C@@H]2N1c1cccc(I)c1. The molecule has 0 spiro atoms. The fourth-order valence-electron chi connectivity index (χ4n) is 2.87. The molecule has 0 saturated carbocycles. The minimum atomic E-state index is -3.03. The zero-order valence-electron chi connectivity index (χ0n) is 13.5. The highest BCUT2D eigenvalue weighted by molar-refractivity contribution is 14.1. The average Bonchev–Trinajstić information content (AvgIpc) is 2.97. The number of thioether (sulfide) groups is 1. The van der Waals surface area contributed by atoms with Gasteiger partial charge < -0.3 is 4.90 Å². The molecular formula is C16H19IN2O3S2. The highest BCUT2D eigenvalue weighted by atomic mass is 127. The number of sulfone groups is 1. The maximum absolute atomic E-state index is 12.3. The molecule has 24 heavy (non-hydrogen) atoms. The minimum absolute atomic E-state index is 0.0589. The van der Waals surface area contributed by atoms with Crippen LogP contribution in [0.2, 0.25) is 0 Å². The van der Waals surface area contributed by atoms with E-state index in [1.165, 1.54) is 11.8 Å². The molecule has 130 valence electrons. The van der Waals surface area contributed by atoms with E-state index in [0.717, 1.165) is 15.7 Å². The molecule has 2 aliphatic rings. The van der Waals surface area contributed by atoms with E-state index >= 15 is 0 Å². The van der Waals surface area contributed by atoms with E-state index in [9.17, 15) is 13.2 Å². The summed E-state index contributed by atoms with van der Waals surface area (Å²) in [7, 11) is -3.03. The van der Waals surface area contributed by atoms with Gasteiger partial charge >= 0.3 is 0 Å². The second-order valence-electron chi connectivity index (χ2n) is 6.19. The van der Waals surface area contributed by atoms with Gasteiger partial charge in [0.2, 0.25) is 0 Å². The number of benzene rings is 1. The zero-order chi connectivity index (χ0) is 17.5. The summed E-state index contributed by atoms with van der Waals surface area (Å²) in [6.07, 6.45) is 0.741. The molecular weight excluding hydrogens is 459 g/mol. The van der Waals surface area contributed by atoms with Crippen molar-refractivity contribution < 1.29 is 13.2 Å². The summed E-state index contributed by atoms with van der Waals surface area (Å²) in [5, 5.41) is 0.573. The lowest BCUT2D eigenvalue weighted by atomic mass is 10.1. The second kappa shape index (κ2) is 6.95. The third-order valence-electron chi connectivity index (χ3n) is 4.39. The van der Waals surface area contributed by atoms with Crippen LogP contribution < -0.4 is 4.90 Å². The highest BCUT2D eigenvalue weighted by Gasteiger charge is 2.49. The predicted molar refractivity (Wildman–Crippen MR) is 107 cm³/mol. The lowest BCUT2D eigenvalue weighted by Gasteiger charge is -2.24. The van der Waals surface area contributed by atoms with Crippen LogP contribution in [0.15, 0.2) is 29.3 Å². The third-order valence-corrected chi connectivity index (χ3v) is 8.27. The number of fused-ring (bicyclic) bond motifs is 1. The molecule has 1 aromatic rings. The molecule has 2 saturated heterocycles. The Hall–Kier alpha value is -0.610. The van der Waals surface area contributed by atoms with Crippen LogP contribution in [0.4, 0.5) is 5.69 Å². The maximum atomic E-state index is 12.3. The summed E-state index contributed by atoms with van der Waals surface area (Å²) < 4.78 is 25.1. The van der Waals surface area contributed by atoms with Gasteiger partial charge in [0.25, 0.3) is 5.91 Å². The Balaban J connectivity index is 2.00. The lowest BCUT2D eigenvalue weighted by Crippen LogP contribution is -2.37. The molecule has 0 radical (unpaired) electrons. The largest absolute Gasteiger partial charge is 0.316 e. The van der Waals surface area contributed by atoms with Gasteiger partial charge in [0.1, 0.15) is 0 Å². The number of anilines is 1. The Morgan fingerprint density at radius 2 is 2.21 bits per heavy atom. The fraction of sp³-hybridized carbons (Fsp3) is 0.500. The number of rotatable bonds is 3. The Bertz CT molecular complexity index is 794. The van der Waals surface area contributed by atoms with Crippen LogP contribution in [-0.4, -0.2) is 42.3 Å². The van der Waals surface area contributed by atoms with E-state index in [2.05, 4.69) is 27.6 Å². The van der Waals surface area contributed by atoms with Crippen LogP contribution in [0, 0.1) is 9.49 Å². The number of amidine groups is 1. The molecule has 1 amide bonds. The van der Waals surface area contributed by atoms with E-state index in [1.807, 2.05) is 43.0 Å². The average molecular weight is 478 g/mol. The summed E-state index contributed by atoms with van der Waals surface area (Å²) in [4.78, 5) is 18.6. The smallest absolute Gasteiger partial charge is 0.250 e. The first-order chi connectivity index (χ1) is 11.3. The van der Waals surface area contributed by atoms with Gasteiger partial charge in [0.15, 0.2) is 15.0 Å². The van der Waals surface area contributed by atoms with Gasteiger partial charge in [-0.05, 0) is 47.2 Å². The standard InChI is InChI=1S/C16H19IN2O3S2/c1-3-10(2)15(20)18-16-19(12-6-4-5-11(17)7-12)13-8-24(21,22)9-14(13)23-16/h4-7,10,13-14H,3,8-9H2,1-2H3/t10-,13-,14-/m0/s1. The third kappa shape index (κ3) is 3.65. The molecule has 0 aliphatic carbocycles. The number of aliphatic imine (C=N–C) groups is 1. The Morgan fingerprint density at radius 3 is 2.88 bits per heavy atom. The number of carbonyl (C=O) groups is 1. The monoisotopic (exact) mass is 478 g/mol. The second-order valence-corrected chi connectivity index (χ2v) is 10.8. The van der Waals surface area contributed by atoms with E-state index in [-0.39, 0.29) is 34.6 Å². The molecule has 0 unspecified atom stereocenters. The molecule has 2 fully saturated rings. The van der Waals surface area contributed by atoms with Crippen molar-refractivity contribution in [2.45, 2.75) is 31.6 Å². The van der Waals surface area contributed by atoms with Gasteiger partial charge in [0.05, 0.1) is 17.5 Å². The minimum Gasteiger partial charge on any atom is -0.316 e. The van der Waals surface area contributed by atoms with E-state index in [4.69, 9.17) is 0 Å². The van der Waals surface area contributed by atoms with Crippen molar-refractivity contribution in [3.05, 3.63) is 27.8 Å². The van der Waals surface area contributed by atoms with E-state index in [0.29, 0.717) is 5.17 Å². The van der Waals surface area contributed by atoms with Crippen LogP contribution >= 0.6 is 34.4 Å². The van der Waals surface area contributed by atoms with Crippen molar-refractivity contribution in [1.82, 2.24) is 0 Å². The van der Waals surface area contributed by atoms with Crippen LogP contribution in [0.3, 0.4) is 0 Å². The number of halogens is 1. The van der Waals surface area contributed by atoms with Crippen LogP contribution in [0.25, 0.3) is 0 Å². The van der Waals surface area contributed by atoms with Gasteiger partial charge in [-0.15, -0.1) is 0 Å². The molecule has 3 atom stereocenters. The maximum Gasteiger partial charge on any atom is 0.250 e. The molecule has 0 bridgehead atoms. The number of hydrogen-bond acceptors (Lipinski definition) is 4. The first kappa shape index (κ1) is 18.2. The normalized spacial score (nSPS) is 28.1. The topological polar surface area (TPSA) is 66.8 Å². The van der Waals surface area contributed by atoms with Crippen LogP contribution in [0.1, 0.15) is 20.3 Å². The summed E-state index contributed by atoms with van der Waals surface area (Å²) in [5.41, 5.74) is 0.898. The van der Waals surface area contributed by atoms with Gasteiger partial charge in [-0.25, -0.2) is 8.42 Å². The van der Waals surface area contributed by atoms with Gasteiger partial charge in [-0.2, -0.15) is 4.99 Å². The quantitative estimate of drug-likeness (QED) is 0.626. The molecule has 3 rings (SSSR count). The Labute approximate surface area is 160 Å².